The van der Waals surface area contributed by atoms with Crippen molar-refractivity contribution >= 4 is 23.1 Å². The summed E-state index contributed by atoms with van der Waals surface area (Å²) in [6, 6.07) is 17.9. The Labute approximate surface area is 178 Å². The van der Waals surface area contributed by atoms with Gasteiger partial charge in [-0.1, -0.05) is 18.2 Å². The van der Waals surface area contributed by atoms with Crippen molar-refractivity contribution in [3.05, 3.63) is 54.6 Å². The Bertz CT molecular complexity index is 680. The van der Waals surface area contributed by atoms with Gasteiger partial charge in [-0.25, -0.2) is 4.79 Å². The molecular weight excluding hydrogens is 399 g/mol. The van der Waals surface area contributed by atoms with Crippen molar-refractivity contribution in [1.29, 1.82) is 0 Å². The molecule has 1 aliphatic rings. The van der Waals surface area contributed by atoms with Crippen LogP contribution in [0.3, 0.4) is 0 Å². The van der Waals surface area contributed by atoms with Crippen LogP contribution in [-0.2, 0) is 4.74 Å². The fourth-order valence-corrected chi connectivity index (χ4v) is 3.03. The van der Waals surface area contributed by atoms with Crippen LogP contribution < -0.4 is 45.7 Å². The number of halogens is 2. The number of anilines is 1. The monoisotopic (exact) mass is 426 g/mol. The van der Waals surface area contributed by atoms with Gasteiger partial charge in [0.25, 0.3) is 0 Å². The van der Waals surface area contributed by atoms with Crippen molar-refractivity contribution in [3.8, 4) is 0 Å². The fourth-order valence-electron chi connectivity index (χ4n) is 3.03. The molecule has 1 aliphatic heterocycles. The number of nitrogens with one attached hydrogen (secondary N) is 3. The topological polar surface area (TPSA) is 71.4 Å². The van der Waals surface area contributed by atoms with Gasteiger partial charge in [-0.15, -0.1) is 0 Å². The number of hydrogen-bond donors (Lipinski definition) is 4. The highest BCUT2D eigenvalue weighted by molar-refractivity contribution is 5.89. The highest BCUT2D eigenvalue weighted by Crippen LogP contribution is 2.11. The van der Waals surface area contributed by atoms with E-state index in [-0.39, 0.29) is 30.8 Å². The predicted octanol–water partition coefficient (Wildman–Crippen LogP) is -5.35. The van der Waals surface area contributed by atoms with Gasteiger partial charge < -0.3 is 45.1 Å². The molecule has 0 unspecified atom stereocenters. The lowest BCUT2D eigenvalue weighted by atomic mass is 10.2. The van der Waals surface area contributed by atoms with Crippen molar-refractivity contribution in [2.45, 2.75) is 6.42 Å². The molecule has 5 N–H and O–H groups in total. The lowest BCUT2D eigenvalue weighted by Crippen LogP contribution is -3.14. The average Bonchev–Trinajstić information content (AvgIpc) is 2.68. The molecule has 0 aliphatic carbocycles. The molecule has 2 aromatic carbocycles. The normalized spacial score (nSPS) is 13.7. The Hall–Kier alpha value is -1.83. The van der Waals surface area contributed by atoms with Gasteiger partial charge in [-0.05, 0) is 24.3 Å². The smallest absolute Gasteiger partial charge is 0.319 e. The Kier molecular flexibility index (Phi) is 11.6. The van der Waals surface area contributed by atoms with Gasteiger partial charge in [0.05, 0.1) is 19.8 Å². The maximum atomic E-state index is 12.0. The number of carbonyl (C=O) groups excluding carboxylic acids is 1. The summed E-state index contributed by atoms with van der Waals surface area (Å²) in [6.07, 6.45) is 0.980. The zero-order valence-electron chi connectivity index (χ0n) is 15.8. The van der Waals surface area contributed by atoms with Gasteiger partial charge in [0.2, 0.25) is 0 Å². The molecule has 1 saturated heterocycles. The molecule has 0 aromatic heterocycles. The quantitative estimate of drug-likeness (QED) is 0.263. The first-order valence-corrected chi connectivity index (χ1v) is 9.26. The lowest BCUT2D eigenvalue weighted by Gasteiger charge is -2.23. The Morgan fingerprint density at radius 3 is 2.29 bits per heavy atom. The van der Waals surface area contributed by atoms with E-state index in [4.69, 9.17) is 4.74 Å². The minimum Gasteiger partial charge on any atom is -1.00 e. The molecule has 0 saturated carbocycles. The third-order valence-electron chi connectivity index (χ3n) is 4.49. The molecule has 154 valence electrons. The summed E-state index contributed by atoms with van der Waals surface area (Å²) < 4.78 is 5.35. The van der Waals surface area contributed by atoms with Gasteiger partial charge in [0, 0.05) is 30.8 Å². The molecule has 0 atom stereocenters. The highest BCUT2D eigenvalue weighted by Gasteiger charge is 2.12. The minimum absolute atomic E-state index is 0. The fraction of sp³-hybridized carbons (Fsp3) is 0.350. The number of ether oxygens (including phenoxy) is 1. The average molecular weight is 427 g/mol. The molecule has 0 spiro atoms. The second-order valence-corrected chi connectivity index (χ2v) is 6.52. The second kappa shape index (κ2) is 13.4. The van der Waals surface area contributed by atoms with Gasteiger partial charge in [0.1, 0.15) is 24.5 Å². The van der Waals surface area contributed by atoms with E-state index in [1.807, 2.05) is 42.5 Å². The van der Waals surface area contributed by atoms with Crippen LogP contribution in [0.4, 0.5) is 21.9 Å². The summed E-state index contributed by atoms with van der Waals surface area (Å²) in [6.45, 7) is 5.60. The molecule has 28 heavy (non-hydrogen) atoms. The van der Waals surface area contributed by atoms with Crippen LogP contribution in [0.25, 0.3) is 0 Å². The Balaban J connectivity index is 0.00000196. The van der Waals surface area contributed by atoms with E-state index in [2.05, 4.69) is 28.1 Å². The summed E-state index contributed by atoms with van der Waals surface area (Å²) in [7, 11) is 0. The third-order valence-corrected chi connectivity index (χ3v) is 4.49. The van der Waals surface area contributed by atoms with E-state index in [9.17, 15) is 4.79 Å². The molecule has 0 bridgehead atoms. The second-order valence-electron chi connectivity index (χ2n) is 6.52. The first-order chi connectivity index (χ1) is 12.8. The van der Waals surface area contributed by atoms with Crippen molar-refractivity contribution in [3.63, 3.8) is 0 Å². The summed E-state index contributed by atoms with van der Waals surface area (Å²) in [5.74, 6) is 0. The van der Waals surface area contributed by atoms with Gasteiger partial charge in [-0.3, -0.25) is 5.32 Å². The van der Waals surface area contributed by atoms with Gasteiger partial charge >= 0.3 is 6.03 Å². The van der Waals surface area contributed by atoms with E-state index in [1.165, 1.54) is 0 Å². The molecule has 1 heterocycles. The maximum absolute atomic E-state index is 12.0. The number of urea groups is 1. The SMILES string of the molecule is O=C(NCCC[NH+]1CCOCC1)Nc1ccc([NH2+]c2ccccc2)cc1.[Cl-].[Cl-]. The Morgan fingerprint density at radius 1 is 0.964 bits per heavy atom. The van der Waals surface area contributed by atoms with Gasteiger partial charge in [-0.2, -0.15) is 0 Å². The molecule has 8 heteroatoms. The van der Waals surface area contributed by atoms with Crippen LogP contribution in [-0.4, -0.2) is 45.4 Å². The van der Waals surface area contributed by atoms with Crippen molar-refractivity contribution in [1.82, 2.24) is 5.32 Å². The minimum atomic E-state index is -0.151. The first kappa shape index (κ1) is 24.2. The van der Waals surface area contributed by atoms with E-state index in [0.717, 1.165) is 56.3 Å². The largest absolute Gasteiger partial charge is 1.00 e. The van der Waals surface area contributed by atoms with Crippen LogP contribution in [0, 0.1) is 0 Å². The summed E-state index contributed by atoms with van der Waals surface area (Å²) in [4.78, 5) is 13.5. The number of rotatable bonds is 7. The number of hydrogen-bond acceptors (Lipinski definition) is 2. The van der Waals surface area contributed by atoms with E-state index < -0.39 is 0 Å². The number of morpholine rings is 1. The third kappa shape index (κ3) is 8.46. The van der Waals surface area contributed by atoms with E-state index in [1.54, 1.807) is 4.90 Å². The molecule has 2 aromatic rings. The number of nitrogens with two attached hydrogens (primary N) is 1. The van der Waals surface area contributed by atoms with Crippen LogP contribution in [0.15, 0.2) is 54.6 Å². The molecule has 0 radical (unpaired) electrons. The highest BCUT2D eigenvalue weighted by atomic mass is 35.5. The van der Waals surface area contributed by atoms with Crippen molar-refractivity contribution in [2.75, 3.05) is 44.7 Å². The van der Waals surface area contributed by atoms with Crippen LogP contribution in [0.1, 0.15) is 6.42 Å². The summed E-state index contributed by atoms with van der Waals surface area (Å²) in [5.41, 5.74) is 3.07. The maximum Gasteiger partial charge on any atom is 0.319 e. The molecule has 3 rings (SSSR count). The number of amides is 2. The first-order valence-electron chi connectivity index (χ1n) is 9.26. The number of quaternary nitrogens is 2. The number of benzene rings is 2. The van der Waals surface area contributed by atoms with Crippen LogP contribution in [0.2, 0.25) is 0 Å². The standard InChI is InChI=1S/C20H26N4O2.2ClH/c25-20(21-11-4-12-24-13-15-26-16-14-24)23-19-9-7-18(8-10-19)22-17-5-2-1-3-6-17;;/h1-3,5-10,22H,4,11-16H2,(H2,21,23,25);2*1H. The lowest BCUT2D eigenvalue weighted by molar-refractivity contribution is -0.908. The molecule has 1 fully saturated rings. The zero-order valence-corrected chi connectivity index (χ0v) is 17.3. The number of carbonyl (C=O) groups is 1. The van der Waals surface area contributed by atoms with Crippen LogP contribution >= 0.6 is 0 Å². The number of para-hydroxylation sites is 1. The van der Waals surface area contributed by atoms with E-state index in [0.29, 0.717) is 6.54 Å². The van der Waals surface area contributed by atoms with E-state index >= 15 is 0 Å². The van der Waals surface area contributed by atoms with Crippen molar-refractivity contribution in [2.24, 2.45) is 0 Å². The van der Waals surface area contributed by atoms with Gasteiger partial charge in [0.15, 0.2) is 0 Å². The zero-order chi connectivity index (χ0) is 18.0. The molecule has 2 amide bonds. The Morgan fingerprint density at radius 2 is 1.61 bits per heavy atom. The predicted molar refractivity (Wildman–Crippen MR) is 102 cm³/mol. The van der Waals surface area contributed by atoms with Crippen molar-refractivity contribution < 1.29 is 44.6 Å². The molecular formula is C20H28Cl2N4O2. The summed E-state index contributed by atoms with van der Waals surface area (Å²) >= 11 is 0. The molecule has 6 nitrogen and oxygen atoms in total. The summed E-state index contributed by atoms with van der Waals surface area (Å²) in [5, 5.41) is 7.91. The van der Waals surface area contributed by atoms with Crippen LogP contribution in [0.5, 0.6) is 0 Å².